The molecule has 0 heterocycles. The van der Waals surface area contributed by atoms with E-state index >= 15 is 0 Å². The fourth-order valence-corrected chi connectivity index (χ4v) is 1.90. The summed E-state index contributed by atoms with van der Waals surface area (Å²) in [5.41, 5.74) is 0.812. The second-order valence-corrected chi connectivity index (χ2v) is 4.69. The molecular weight excluding hydrogens is 258 g/mol. The van der Waals surface area contributed by atoms with Gasteiger partial charge in [-0.1, -0.05) is 12.1 Å². The second kappa shape index (κ2) is 8.55. The van der Waals surface area contributed by atoms with Gasteiger partial charge in [0.2, 0.25) is 0 Å². The Balaban J connectivity index is 2.43. The van der Waals surface area contributed by atoms with Crippen LogP contribution in [0.15, 0.2) is 24.3 Å². The molecule has 20 heavy (non-hydrogen) atoms. The molecule has 0 radical (unpaired) electrons. The van der Waals surface area contributed by atoms with Gasteiger partial charge in [0, 0.05) is 12.5 Å². The van der Waals surface area contributed by atoms with Gasteiger partial charge in [0.1, 0.15) is 5.75 Å². The van der Waals surface area contributed by atoms with Gasteiger partial charge in [-0.2, -0.15) is 0 Å². The molecule has 0 aliphatic carbocycles. The summed E-state index contributed by atoms with van der Waals surface area (Å²) in [4.78, 5) is 10.4. The average molecular weight is 281 g/mol. The number of ether oxygens (including phenoxy) is 1. The number of aliphatic hydroxyl groups excluding tert-OH is 1. The zero-order chi connectivity index (χ0) is 15.0. The summed E-state index contributed by atoms with van der Waals surface area (Å²) in [5, 5.41) is 21.9. The van der Waals surface area contributed by atoms with E-state index in [0.29, 0.717) is 19.6 Å². The Kier molecular flexibility index (Phi) is 7.04. The molecule has 0 spiro atoms. The summed E-state index contributed by atoms with van der Waals surface area (Å²) in [6, 6.07) is 7.20. The van der Waals surface area contributed by atoms with Gasteiger partial charge in [0.05, 0.1) is 12.7 Å². The van der Waals surface area contributed by atoms with E-state index in [0.717, 1.165) is 11.3 Å². The van der Waals surface area contributed by atoms with Crippen molar-refractivity contribution in [2.75, 3.05) is 13.2 Å². The van der Waals surface area contributed by atoms with Crippen molar-refractivity contribution in [3.05, 3.63) is 29.8 Å². The van der Waals surface area contributed by atoms with Crippen LogP contribution in [0.3, 0.4) is 0 Å². The summed E-state index contributed by atoms with van der Waals surface area (Å²) in [7, 11) is 0. The molecule has 3 N–H and O–H groups in total. The van der Waals surface area contributed by atoms with Crippen LogP contribution in [0.1, 0.15) is 38.4 Å². The van der Waals surface area contributed by atoms with Crippen molar-refractivity contribution < 1.29 is 19.7 Å². The zero-order valence-electron chi connectivity index (χ0n) is 12.0. The molecule has 0 saturated heterocycles. The molecule has 0 fully saturated rings. The molecule has 0 amide bonds. The Morgan fingerprint density at radius 2 is 2.00 bits per heavy atom. The monoisotopic (exact) mass is 281 g/mol. The Bertz CT molecular complexity index is 405. The van der Waals surface area contributed by atoms with Gasteiger partial charge in [-0.15, -0.1) is 0 Å². The first-order valence-corrected chi connectivity index (χ1v) is 6.90. The van der Waals surface area contributed by atoms with Crippen molar-refractivity contribution in [3.8, 4) is 5.75 Å². The Morgan fingerprint density at radius 1 is 1.35 bits per heavy atom. The highest BCUT2D eigenvalue weighted by Gasteiger charge is 2.15. The van der Waals surface area contributed by atoms with Gasteiger partial charge in [-0.05, 0) is 44.5 Å². The molecule has 0 aromatic heterocycles. The number of aliphatic hydroxyl groups is 1. The van der Waals surface area contributed by atoms with Crippen LogP contribution in [0.25, 0.3) is 0 Å². The minimum Gasteiger partial charge on any atom is -0.494 e. The average Bonchev–Trinajstić information content (AvgIpc) is 2.43. The van der Waals surface area contributed by atoms with E-state index in [1.807, 2.05) is 38.1 Å². The predicted molar refractivity (Wildman–Crippen MR) is 76.9 cm³/mol. The Hall–Kier alpha value is -1.59. The lowest BCUT2D eigenvalue weighted by atomic mass is 10.0. The van der Waals surface area contributed by atoms with E-state index in [9.17, 15) is 9.90 Å². The van der Waals surface area contributed by atoms with Crippen LogP contribution in [0.2, 0.25) is 0 Å². The maximum atomic E-state index is 10.4. The molecule has 0 aliphatic rings. The number of rotatable bonds is 9. The third-order valence-electron chi connectivity index (χ3n) is 3.04. The first-order valence-electron chi connectivity index (χ1n) is 6.90. The van der Waals surface area contributed by atoms with E-state index < -0.39 is 12.1 Å². The highest BCUT2D eigenvalue weighted by Crippen LogP contribution is 2.20. The van der Waals surface area contributed by atoms with Crippen LogP contribution >= 0.6 is 0 Å². The highest BCUT2D eigenvalue weighted by molar-refractivity contribution is 5.66. The van der Waals surface area contributed by atoms with Gasteiger partial charge in [0.25, 0.3) is 0 Å². The van der Waals surface area contributed by atoms with Crippen LogP contribution in [-0.2, 0) is 4.79 Å². The van der Waals surface area contributed by atoms with Crippen molar-refractivity contribution in [3.63, 3.8) is 0 Å². The summed E-state index contributed by atoms with van der Waals surface area (Å²) >= 11 is 0. The molecule has 5 heteroatoms. The third kappa shape index (κ3) is 5.59. The zero-order valence-corrected chi connectivity index (χ0v) is 12.0. The van der Waals surface area contributed by atoms with Crippen LogP contribution < -0.4 is 10.1 Å². The smallest absolute Gasteiger partial charge is 0.303 e. The molecule has 0 bridgehead atoms. The number of carboxylic acids is 1. The number of carboxylic acid groups (broad SMARTS) is 1. The number of nitrogens with one attached hydrogen (secondary N) is 1. The summed E-state index contributed by atoms with van der Waals surface area (Å²) in [5.74, 6) is -0.0166. The largest absolute Gasteiger partial charge is 0.494 e. The molecule has 2 atom stereocenters. The van der Waals surface area contributed by atoms with Crippen LogP contribution in [0, 0.1) is 0 Å². The van der Waals surface area contributed by atoms with E-state index in [-0.39, 0.29) is 12.5 Å². The first-order chi connectivity index (χ1) is 9.54. The summed E-state index contributed by atoms with van der Waals surface area (Å²) in [6.07, 6.45) is 0.0599. The fraction of sp³-hybridized carbons (Fsp3) is 0.533. The quantitative estimate of drug-likeness (QED) is 0.603. The molecule has 5 nitrogen and oxygen atoms in total. The minimum absolute atomic E-state index is 0.137. The highest BCUT2D eigenvalue weighted by atomic mass is 16.5. The number of aliphatic carboxylic acids is 1. The maximum absolute atomic E-state index is 10.4. The van der Waals surface area contributed by atoms with Crippen molar-refractivity contribution >= 4 is 5.97 Å². The van der Waals surface area contributed by atoms with Crippen molar-refractivity contribution in [2.24, 2.45) is 0 Å². The molecular formula is C15H23NO4. The molecule has 2 unspecified atom stereocenters. The van der Waals surface area contributed by atoms with E-state index in [1.165, 1.54) is 0 Å². The minimum atomic E-state index is -0.800. The Labute approximate surface area is 119 Å². The van der Waals surface area contributed by atoms with Crippen LogP contribution in [0.5, 0.6) is 5.75 Å². The lowest BCUT2D eigenvalue weighted by molar-refractivity contribution is -0.137. The van der Waals surface area contributed by atoms with Gasteiger partial charge in [0.15, 0.2) is 0 Å². The number of benzene rings is 1. The number of hydrogen-bond acceptors (Lipinski definition) is 4. The van der Waals surface area contributed by atoms with Crippen molar-refractivity contribution in [1.82, 2.24) is 5.32 Å². The molecule has 0 saturated carbocycles. The van der Waals surface area contributed by atoms with E-state index in [2.05, 4.69) is 5.32 Å². The van der Waals surface area contributed by atoms with Crippen LogP contribution in [0.4, 0.5) is 0 Å². The standard InChI is InChI=1S/C15H23NO4/c1-3-20-13-8-6-12(7-9-13)15(19)11(2)16-10-4-5-14(17)18/h6-9,11,15-16,19H,3-5,10H2,1-2H3,(H,17,18). The van der Waals surface area contributed by atoms with Gasteiger partial charge >= 0.3 is 5.97 Å². The lowest BCUT2D eigenvalue weighted by Gasteiger charge is -2.20. The lowest BCUT2D eigenvalue weighted by Crippen LogP contribution is -2.33. The van der Waals surface area contributed by atoms with E-state index in [4.69, 9.17) is 9.84 Å². The second-order valence-electron chi connectivity index (χ2n) is 4.69. The van der Waals surface area contributed by atoms with E-state index in [1.54, 1.807) is 0 Å². The summed E-state index contributed by atoms with van der Waals surface area (Å²) < 4.78 is 5.35. The van der Waals surface area contributed by atoms with Crippen LogP contribution in [-0.4, -0.2) is 35.4 Å². The molecule has 1 aromatic carbocycles. The number of hydrogen-bond donors (Lipinski definition) is 3. The molecule has 112 valence electrons. The third-order valence-corrected chi connectivity index (χ3v) is 3.04. The van der Waals surface area contributed by atoms with Gasteiger partial charge in [-0.25, -0.2) is 0 Å². The molecule has 0 aliphatic heterocycles. The normalized spacial score (nSPS) is 13.8. The van der Waals surface area contributed by atoms with Crippen molar-refractivity contribution in [2.45, 2.75) is 38.8 Å². The van der Waals surface area contributed by atoms with Crippen molar-refractivity contribution in [1.29, 1.82) is 0 Å². The summed E-state index contributed by atoms with van der Waals surface area (Å²) in [6.45, 7) is 4.98. The predicted octanol–water partition coefficient (Wildman–Crippen LogP) is 1.96. The first kappa shape index (κ1) is 16.5. The number of carbonyl (C=O) groups is 1. The topological polar surface area (TPSA) is 78.8 Å². The van der Waals surface area contributed by atoms with Gasteiger partial charge < -0.3 is 20.3 Å². The SMILES string of the molecule is CCOc1ccc(C(O)C(C)NCCCC(=O)O)cc1. The fourth-order valence-electron chi connectivity index (χ4n) is 1.90. The Morgan fingerprint density at radius 3 is 2.55 bits per heavy atom. The van der Waals surface area contributed by atoms with Gasteiger partial charge in [-0.3, -0.25) is 4.79 Å². The molecule has 1 rings (SSSR count). The maximum Gasteiger partial charge on any atom is 0.303 e. The molecule has 1 aromatic rings.